The number of nitrogens with zero attached hydrogens (tertiary/aromatic N) is 1. The minimum absolute atomic E-state index is 0.116. The van der Waals surface area contributed by atoms with Crippen molar-refractivity contribution in [1.29, 1.82) is 0 Å². The van der Waals surface area contributed by atoms with Crippen LogP contribution >= 0.6 is 0 Å². The van der Waals surface area contributed by atoms with Crippen molar-refractivity contribution >= 4 is 16.5 Å². The fraction of sp³-hybridized carbons (Fsp3) is 0.538. The minimum atomic E-state index is -1.44. The van der Waals surface area contributed by atoms with E-state index in [-0.39, 0.29) is 16.3 Å². The number of hydrogen-bond acceptors (Lipinski definition) is 5. The largest absolute Gasteiger partial charge is 0.353 e. The van der Waals surface area contributed by atoms with Crippen LogP contribution in [0.4, 0.5) is 5.69 Å². The number of nitro benzene ring substituents is 1. The standard InChI is InChI=1S/C13H19NO5S/c1-3-18-13(19-4-2)9-10-20(17)12-8-6-5-7-11(12)14(15)16/h5-8,13H,3-4,9-10H2,1-2H3. The maximum atomic E-state index is 12.2. The number of ether oxygens (including phenoxy) is 2. The van der Waals surface area contributed by atoms with Crippen LogP contribution < -0.4 is 0 Å². The first-order valence-corrected chi connectivity index (χ1v) is 7.77. The van der Waals surface area contributed by atoms with Gasteiger partial charge in [-0.1, -0.05) is 12.1 Å². The topological polar surface area (TPSA) is 78.7 Å². The molecule has 0 amide bonds. The van der Waals surface area contributed by atoms with Crippen LogP contribution in [0.3, 0.4) is 0 Å². The van der Waals surface area contributed by atoms with E-state index in [9.17, 15) is 14.3 Å². The Morgan fingerprint density at radius 1 is 1.25 bits per heavy atom. The molecule has 1 aromatic carbocycles. The molecule has 0 aliphatic rings. The summed E-state index contributed by atoms with van der Waals surface area (Å²) < 4.78 is 22.9. The van der Waals surface area contributed by atoms with E-state index in [2.05, 4.69) is 0 Å². The molecule has 6 nitrogen and oxygen atoms in total. The van der Waals surface area contributed by atoms with Crippen molar-refractivity contribution in [3.63, 3.8) is 0 Å². The highest BCUT2D eigenvalue weighted by Crippen LogP contribution is 2.22. The molecule has 0 bridgehead atoms. The Kier molecular flexibility index (Phi) is 7.35. The molecule has 0 saturated carbocycles. The van der Waals surface area contributed by atoms with Crippen molar-refractivity contribution in [1.82, 2.24) is 0 Å². The Morgan fingerprint density at radius 2 is 1.85 bits per heavy atom. The average Bonchev–Trinajstić information content (AvgIpc) is 2.45. The maximum Gasteiger partial charge on any atom is 0.285 e. The van der Waals surface area contributed by atoms with Gasteiger partial charge < -0.3 is 9.47 Å². The van der Waals surface area contributed by atoms with Gasteiger partial charge in [0.2, 0.25) is 0 Å². The molecule has 0 saturated heterocycles. The summed E-state index contributed by atoms with van der Waals surface area (Å²) in [7, 11) is -1.44. The second kappa shape index (κ2) is 8.78. The lowest BCUT2D eigenvalue weighted by molar-refractivity contribution is -0.387. The van der Waals surface area contributed by atoms with Crippen molar-refractivity contribution < 1.29 is 18.6 Å². The van der Waals surface area contributed by atoms with Gasteiger partial charge in [-0.3, -0.25) is 14.3 Å². The third-order valence-electron chi connectivity index (χ3n) is 2.55. The van der Waals surface area contributed by atoms with Gasteiger partial charge in [0.15, 0.2) is 6.29 Å². The van der Waals surface area contributed by atoms with E-state index in [0.29, 0.717) is 19.6 Å². The molecular formula is C13H19NO5S. The predicted molar refractivity (Wildman–Crippen MR) is 76.0 cm³/mol. The molecule has 0 aliphatic heterocycles. The van der Waals surface area contributed by atoms with Gasteiger partial charge in [-0.05, 0) is 19.9 Å². The second-order valence-corrected chi connectivity index (χ2v) is 5.44. The van der Waals surface area contributed by atoms with Gasteiger partial charge in [-0.25, -0.2) is 0 Å². The molecule has 7 heteroatoms. The van der Waals surface area contributed by atoms with Crippen LogP contribution in [-0.2, 0) is 20.3 Å². The highest BCUT2D eigenvalue weighted by atomic mass is 32.2. The van der Waals surface area contributed by atoms with E-state index in [1.807, 2.05) is 13.8 Å². The zero-order chi connectivity index (χ0) is 15.0. The summed E-state index contributed by atoms with van der Waals surface area (Å²) >= 11 is 0. The number of benzene rings is 1. The smallest absolute Gasteiger partial charge is 0.285 e. The van der Waals surface area contributed by atoms with Gasteiger partial charge in [-0.15, -0.1) is 0 Å². The predicted octanol–water partition coefficient (Wildman–Crippen LogP) is 2.49. The summed E-state index contributed by atoms with van der Waals surface area (Å²) in [5.41, 5.74) is -0.116. The molecule has 0 radical (unpaired) electrons. The second-order valence-electron chi connectivity index (χ2n) is 3.90. The van der Waals surface area contributed by atoms with Crippen LogP contribution in [0.25, 0.3) is 0 Å². The van der Waals surface area contributed by atoms with Crippen LogP contribution in [-0.4, -0.2) is 34.4 Å². The third-order valence-corrected chi connectivity index (χ3v) is 3.99. The van der Waals surface area contributed by atoms with Gasteiger partial charge in [-0.2, -0.15) is 0 Å². The average molecular weight is 301 g/mol. The Bertz CT molecular complexity index is 460. The van der Waals surface area contributed by atoms with E-state index < -0.39 is 22.0 Å². The van der Waals surface area contributed by atoms with E-state index in [4.69, 9.17) is 9.47 Å². The van der Waals surface area contributed by atoms with Crippen LogP contribution in [0.15, 0.2) is 29.2 Å². The van der Waals surface area contributed by atoms with Gasteiger partial charge in [0, 0.05) is 31.5 Å². The Labute approximate surface area is 120 Å². The van der Waals surface area contributed by atoms with Gasteiger partial charge in [0.05, 0.1) is 15.7 Å². The fourth-order valence-corrected chi connectivity index (χ4v) is 2.93. The number of para-hydroxylation sites is 1. The van der Waals surface area contributed by atoms with Gasteiger partial charge >= 0.3 is 0 Å². The first kappa shape index (κ1) is 16.7. The first-order chi connectivity index (χ1) is 9.60. The van der Waals surface area contributed by atoms with Crippen molar-refractivity contribution in [3.8, 4) is 0 Å². The summed E-state index contributed by atoms with van der Waals surface area (Å²) in [5.74, 6) is 0.259. The molecule has 0 fully saturated rings. The van der Waals surface area contributed by atoms with Crippen LogP contribution in [0.1, 0.15) is 20.3 Å². The first-order valence-electron chi connectivity index (χ1n) is 6.45. The van der Waals surface area contributed by atoms with Gasteiger partial charge in [0.25, 0.3) is 5.69 Å². The molecule has 0 spiro atoms. The van der Waals surface area contributed by atoms with Gasteiger partial charge in [0.1, 0.15) is 4.90 Å². The quantitative estimate of drug-likeness (QED) is 0.398. The summed E-state index contributed by atoms with van der Waals surface area (Å²) in [6.07, 6.45) is 0.0112. The zero-order valence-corrected chi connectivity index (χ0v) is 12.4. The summed E-state index contributed by atoms with van der Waals surface area (Å²) in [5, 5.41) is 10.9. The lowest BCUT2D eigenvalue weighted by Crippen LogP contribution is -2.20. The number of nitro groups is 1. The molecule has 1 aromatic rings. The number of rotatable bonds is 9. The summed E-state index contributed by atoms with van der Waals surface area (Å²) in [6.45, 7) is 4.71. The highest BCUT2D eigenvalue weighted by molar-refractivity contribution is 7.85. The molecule has 0 aliphatic carbocycles. The molecule has 1 atom stereocenters. The van der Waals surface area contributed by atoms with Crippen LogP contribution in [0.5, 0.6) is 0 Å². The van der Waals surface area contributed by atoms with E-state index in [0.717, 1.165) is 0 Å². The van der Waals surface area contributed by atoms with Crippen LogP contribution in [0, 0.1) is 10.1 Å². The molecule has 1 unspecified atom stereocenters. The van der Waals surface area contributed by atoms with Crippen molar-refractivity contribution in [3.05, 3.63) is 34.4 Å². The Hall–Kier alpha value is -1.31. The molecule has 112 valence electrons. The monoisotopic (exact) mass is 301 g/mol. The van der Waals surface area contributed by atoms with Crippen LogP contribution in [0.2, 0.25) is 0 Å². The molecule has 0 heterocycles. The van der Waals surface area contributed by atoms with Crippen molar-refractivity contribution in [2.24, 2.45) is 0 Å². The molecule has 1 rings (SSSR count). The third kappa shape index (κ3) is 4.99. The Balaban J connectivity index is 2.69. The summed E-state index contributed by atoms with van der Waals surface area (Å²) in [6, 6.07) is 6.07. The lowest BCUT2D eigenvalue weighted by atomic mass is 10.3. The van der Waals surface area contributed by atoms with E-state index in [1.165, 1.54) is 12.1 Å². The SMILES string of the molecule is CCOC(CCS(=O)c1ccccc1[N+](=O)[O-])OCC. The maximum absolute atomic E-state index is 12.2. The molecular weight excluding hydrogens is 282 g/mol. The summed E-state index contributed by atoms with van der Waals surface area (Å²) in [4.78, 5) is 10.6. The van der Waals surface area contributed by atoms with Crippen molar-refractivity contribution in [2.75, 3.05) is 19.0 Å². The highest BCUT2D eigenvalue weighted by Gasteiger charge is 2.19. The fourth-order valence-electron chi connectivity index (χ4n) is 1.70. The Morgan fingerprint density at radius 3 is 2.40 bits per heavy atom. The molecule has 20 heavy (non-hydrogen) atoms. The lowest BCUT2D eigenvalue weighted by Gasteiger charge is -2.16. The van der Waals surface area contributed by atoms with E-state index in [1.54, 1.807) is 12.1 Å². The number of hydrogen-bond donors (Lipinski definition) is 0. The molecule has 0 aromatic heterocycles. The minimum Gasteiger partial charge on any atom is -0.353 e. The van der Waals surface area contributed by atoms with E-state index >= 15 is 0 Å². The molecule has 0 N–H and O–H groups in total. The van der Waals surface area contributed by atoms with Crippen molar-refractivity contribution in [2.45, 2.75) is 31.5 Å². The normalized spacial score (nSPS) is 12.6. The zero-order valence-electron chi connectivity index (χ0n) is 11.6.